The lowest BCUT2D eigenvalue weighted by molar-refractivity contribution is -0.126. The Balaban J connectivity index is 1.43. The number of amides is 2. The molecular weight excluding hydrogens is 380 g/mol. The predicted octanol–water partition coefficient (Wildman–Crippen LogP) is 2.89. The molecule has 2 aromatic carbocycles. The molecule has 2 amide bonds. The summed E-state index contributed by atoms with van der Waals surface area (Å²) >= 11 is 6.07. The maximum Gasteiger partial charge on any atom is 0.227 e. The van der Waals surface area contributed by atoms with Gasteiger partial charge in [-0.05, 0) is 30.3 Å². The van der Waals surface area contributed by atoms with Crippen LogP contribution in [0.25, 0.3) is 11.0 Å². The van der Waals surface area contributed by atoms with E-state index in [1.165, 1.54) is 7.11 Å². The molecule has 144 valence electrons. The highest BCUT2D eigenvalue weighted by molar-refractivity contribution is 6.31. The van der Waals surface area contributed by atoms with Gasteiger partial charge in [0, 0.05) is 18.0 Å². The van der Waals surface area contributed by atoms with Gasteiger partial charge in [0.1, 0.15) is 11.6 Å². The van der Waals surface area contributed by atoms with Crippen molar-refractivity contribution in [3.63, 3.8) is 0 Å². The minimum atomic E-state index is -0.444. The fourth-order valence-corrected chi connectivity index (χ4v) is 3.56. The number of ether oxygens (including phenoxy) is 1. The summed E-state index contributed by atoms with van der Waals surface area (Å²) in [6, 6.07) is 12.7. The van der Waals surface area contributed by atoms with Gasteiger partial charge in [0.25, 0.3) is 0 Å². The monoisotopic (exact) mass is 398 g/mol. The Labute approximate surface area is 166 Å². The number of nitrogens with zero attached hydrogens (tertiary/aromatic N) is 2. The summed E-state index contributed by atoms with van der Waals surface area (Å²) in [7, 11) is 1.53. The van der Waals surface area contributed by atoms with Gasteiger partial charge in [0.05, 0.1) is 36.3 Å². The molecule has 8 heteroatoms. The molecule has 2 N–H and O–H groups in total. The number of hydrogen-bond acceptors (Lipinski definition) is 4. The van der Waals surface area contributed by atoms with Crippen molar-refractivity contribution in [2.45, 2.75) is 13.0 Å². The Morgan fingerprint density at radius 2 is 2.18 bits per heavy atom. The average molecular weight is 399 g/mol. The first kappa shape index (κ1) is 18.3. The molecule has 28 heavy (non-hydrogen) atoms. The summed E-state index contributed by atoms with van der Waals surface area (Å²) in [6.45, 7) is 0.556. The number of carbonyl (C=O) groups excluding carboxylic acids is 2. The molecule has 3 aromatic rings. The van der Waals surface area contributed by atoms with E-state index in [0.29, 0.717) is 22.3 Å². The lowest BCUT2D eigenvalue weighted by Gasteiger charge is -2.19. The van der Waals surface area contributed by atoms with Crippen molar-refractivity contribution in [1.29, 1.82) is 0 Å². The topological polar surface area (TPSA) is 87.3 Å². The number of nitrogens with one attached hydrogen (secondary N) is 2. The molecule has 1 aliphatic heterocycles. The molecular formula is C20H19ClN4O3. The first-order valence-corrected chi connectivity index (χ1v) is 9.28. The maximum atomic E-state index is 12.6. The van der Waals surface area contributed by atoms with E-state index in [1.807, 2.05) is 24.3 Å². The first-order valence-electron chi connectivity index (χ1n) is 8.90. The van der Waals surface area contributed by atoms with Gasteiger partial charge < -0.3 is 19.9 Å². The van der Waals surface area contributed by atoms with E-state index < -0.39 is 5.92 Å². The van der Waals surface area contributed by atoms with Gasteiger partial charge in [0.2, 0.25) is 11.8 Å². The van der Waals surface area contributed by atoms with Crippen LogP contribution < -0.4 is 15.0 Å². The van der Waals surface area contributed by atoms with E-state index >= 15 is 0 Å². The first-order chi connectivity index (χ1) is 13.5. The molecule has 1 aromatic heterocycles. The Morgan fingerprint density at radius 1 is 1.36 bits per heavy atom. The number of aromatic amines is 1. The van der Waals surface area contributed by atoms with Crippen LogP contribution >= 0.6 is 11.6 Å². The zero-order valence-corrected chi connectivity index (χ0v) is 16.0. The third kappa shape index (κ3) is 3.53. The summed E-state index contributed by atoms with van der Waals surface area (Å²) in [5.74, 6) is 0.454. The smallest absolute Gasteiger partial charge is 0.227 e. The number of anilines is 1. The molecule has 1 saturated heterocycles. The molecule has 0 bridgehead atoms. The van der Waals surface area contributed by atoms with Gasteiger partial charge in [-0.3, -0.25) is 9.59 Å². The number of rotatable bonds is 5. The maximum absolute atomic E-state index is 12.6. The molecule has 4 rings (SSSR count). The molecule has 7 nitrogen and oxygen atoms in total. The fourth-order valence-electron chi connectivity index (χ4n) is 3.39. The van der Waals surface area contributed by atoms with E-state index in [9.17, 15) is 9.59 Å². The summed E-state index contributed by atoms with van der Waals surface area (Å²) in [4.78, 5) is 34.2. The number of methoxy groups -OCH3 is 1. The van der Waals surface area contributed by atoms with Crippen LogP contribution in [0.3, 0.4) is 0 Å². The lowest BCUT2D eigenvalue weighted by Crippen LogP contribution is -2.33. The predicted molar refractivity (Wildman–Crippen MR) is 106 cm³/mol. The molecule has 1 aliphatic rings. The summed E-state index contributed by atoms with van der Waals surface area (Å²) in [5.41, 5.74) is 2.34. The number of benzene rings is 2. The van der Waals surface area contributed by atoms with Gasteiger partial charge in [-0.2, -0.15) is 0 Å². The third-order valence-corrected chi connectivity index (χ3v) is 5.03. The Hall–Kier alpha value is -3.06. The average Bonchev–Trinajstić information content (AvgIpc) is 3.29. The SMILES string of the molecule is COc1ccc(Cl)cc1N1CC(C(=O)NCc2nc3ccccc3[nH]2)CC1=O. The zero-order chi connectivity index (χ0) is 19.7. The molecule has 2 heterocycles. The van der Waals surface area contributed by atoms with Crippen LogP contribution in [0.2, 0.25) is 5.02 Å². The molecule has 0 aliphatic carbocycles. The van der Waals surface area contributed by atoms with E-state index in [-0.39, 0.29) is 31.3 Å². The number of aromatic nitrogens is 2. The van der Waals surface area contributed by atoms with E-state index in [4.69, 9.17) is 16.3 Å². The number of halogens is 1. The van der Waals surface area contributed by atoms with E-state index in [2.05, 4.69) is 15.3 Å². The number of hydrogen-bond donors (Lipinski definition) is 2. The van der Waals surface area contributed by atoms with Gasteiger partial charge >= 0.3 is 0 Å². The van der Waals surface area contributed by atoms with Crippen LogP contribution in [-0.4, -0.2) is 35.4 Å². The summed E-state index contributed by atoms with van der Waals surface area (Å²) in [5, 5.41) is 3.37. The standard InChI is InChI=1S/C20H19ClN4O3/c1-28-17-7-6-13(21)9-16(17)25-11-12(8-19(25)26)20(27)22-10-18-23-14-4-2-3-5-15(14)24-18/h2-7,9,12H,8,10-11H2,1H3,(H,22,27)(H,23,24). The van der Waals surface area contributed by atoms with Gasteiger partial charge in [-0.15, -0.1) is 0 Å². The molecule has 1 atom stereocenters. The van der Waals surface area contributed by atoms with Crippen LogP contribution in [0, 0.1) is 5.92 Å². The van der Waals surface area contributed by atoms with Gasteiger partial charge in [-0.25, -0.2) is 4.98 Å². The van der Waals surface area contributed by atoms with Crippen molar-refractivity contribution in [3.8, 4) is 5.75 Å². The van der Waals surface area contributed by atoms with Gasteiger partial charge in [0.15, 0.2) is 0 Å². The molecule has 0 spiro atoms. The Kier molecular flexibility index (Phi) is 4.92. The Morgan fingerprint density at radius 3 is 2.96 bits per heavy atom. The number of fused-ring (bicyclic) bond motifs is 1. The highest BCUT2D eigenvalue weighted by Crippen LogP contribution is 2.35. The minimum absolute atomic E-state index is 0.135. The lowest BCUT2D eigenvalue weighted by atomic mass is 10.1. The van der Waals surface area contributed by atoms with Crippen molar-refractivity contribution < 1.29 is 14.3 Å². The largest absolute Gasteiger partial charge is 0.495 e. The van der Waals surface area contributed by atoms with Crippen molar-refractivity contribution in [1.82, 2.24) is 15.3 Å². The van der Waals surface area contributed by atoms with E-state index in [0.717, 1.165) is 11.0 Å². The molecule has 1 fully saturated rings. The second-order valence-corrected chi connectivity index (χ2v) is 7.08. The Bertz CT molecular complexity index is 1020. The van der Waals surface area contributed by atoms with Crippen molar-refractivity contribution >= 4 is 40.1 Å². The summed E-state index contributed by atoms with van der Waals surface area (Å²) in [6.07, 6.45) is 0.141. The van der Waals surface area contributed by atoms with Crippen molar-refractivity contribution in [2.75, 3.05) is 18.6 Å². The number of para-hydroxylation sites is 2. The molecule has 0 saturated carbocycles. The normalized spacial score (nSPS) is 16.6. The van der Waals surface area contributed by atoms with Crippen LogP contribution in [-0.2, 0) is 16.1 Å². The second-order valence-electron chi connectivity index (χ2n) is 6.64. The number of H-pyrrole nitrogens is 1. The second kappa shape index (κ2) is 7.52. The molecule has 1 unspecified atom stereocenters. The van der Waals surface area contributed by atoms with Crippen molar-refractivity contribution in [3.05, 3.63) is 53.3 Å². The van der Waals surface area contributed by atoms with Crippen LogP contribution in [0.5, 0.6) is 5.75 Å². The van der Waals surface area contributed by atoms with E-state index in [1.54, 1.807) is 23.1 Å². The van der Waals surface area contributed by atoms with Crippen molar-refractivity contribution in [2.24, 2.45) is 5.92 Å². The fraction of sp³-hybridized carbons (Fsp3) is 0.250. The van der Waals surface area contributed by atoms with Crippen LogP contribution in [0.1, 0.15) is 12.2 Å². The highest BCUT2D eigenvalue weighted by Gasteiger charge is 2.36. The van der Waals surface area contributed by atoms with Gasteiger partial charge in [-0.1, -0.05) is 23.7 Å². The zero-order valence-electron chi connectivity index (χ0n) is 15.2. The van der Waals surface area contributed by atoms with Crippen LogP contribution in [0.15, 0.2) is 42.5 Å². The summed E-state index contributed by atoms with van der Waals surface area (Å²) < 4.78 is 5.33. The minimum Gasteiger partial charge on any atom is -0.495 e. The number of imidazole rings is 1. The third-order valence-electron chi connectivity index (χ3n) is 4.80. The van der Waals surface area contributed by atoms with Crippen LogP contribution in [0.4, 0.5) is 5.69 Å². The molecule has 0 radical (unpaired) electrons. The quantitative estimate of drug-likeness (QED) is 0.691. The number of carbonyl (C=O) groups is 2. The highest BCUT2D eigenvalue weighted by atomic mass is 35.5.